The zero-order valence-electron chi connectivity index (χ0n) is 19.0. The Labute approximate surface area is 197 Å². The molecular weight excluding hydrogens is 438 g/mol. The van der Waals surface area contributed by atoms with E-state index in [1.54, 1.807) is 7.11 Å². The first-order valence-corrected chi connectivity index (χ1v) is 12.4. The van der Waals surface area contributed by atoms with Crippen molar-refractivity contribution in [3.63, 3.8) is 0 Å². The molecule has 0 unspecified atom stereocenters. The molecule has 0 atom stereocenters. The molecule has 0 spiro atoms. The Bertz CT molecular complexity index is 1200. The van der Waals surface area contributed by atoms with Gasteiger partial charge in [0.05, 0.1) is 7.11 Å². The van der Waals surface area contributed by atoms with Gasteiger partial charge >= 0.3 is 0 Å². The summed E-state index contributed by atoms with van der Waals surface area (Å²) in [6.07, 6.45) is 0. The van der Waals surface area contributed by atoms with Crippen molar-refractivity contribution in [3.05, 3.63) is 46.6 Å². The molecule has 0 radical (unpaired) electrons. The van der Waals surface area contributed by atoms with E-state index in [4.69, 9.17) is 9.15 Å². The predicted molar refractivity (Wildman–Crippen MR) is 135 cm³/mol. The van der Waals surface area contributed by atoms with Crippen LogP contribution in [0.4, 0.5) is 11.4 Å². The first-order chi connectivity index (χ1) is 16.0. The molecule has 3 heterocycles. The second-order valence-corrected chi connectivity index (χ2v) is 9.79. The summed E-state index contributed by atoms with van der Waals surface area (Å²) in [6.45, 7) is 5.74. The van der Waals surface area contributed by atoms with Gasteiger partial charge in [-0.3, -0.25) is 4.79 Å². The summed E-state index contributed by atoms with van der Waals surface area (Å²) in [6, 6.07) is 11.1. The number of likely N-dealkylation sites (N-methyl/N-ethyl adjacent to an activating group) is 1. The zero-order valence-corrected chi connectivity index (χ0v) is 19.9. The third-order valence-corrected chi connectivity index (χ3v) is 7.43. The van der Waals surface area contributed by atoms with E-state index < -0.39 is 0 Å². The van der Waals surface area contributed by atoms with Crippen molar-refractivity contribution < 1.29 is 14.3 Å². The second kappa shape index (κ2) is 9.19. The highest BCUT2D eigenvalue weighted by atomic mass is 32.2. The van der Waals surface area contributed by atoms with Crippen molar-refractivity contribution >= 4 is 34.1 Å². The van der Waals surface area contributed by atoms with Gasteiger partial charge in [0.2, 0.25) is 0 Å². The van der Waals surface area contributed by atoms with E-state index in [0.717, 1.165) is 62.0 Å². The highest BCUT2D eigenvalue weighted by molar-refractivity contribution is 7.99. The number of phenols is 1. The van der Waals surface area contributed by atoms with E-state index >= 15 is 0 Å². The third-order valence-electron chi connectivity index (χ3n) is 6.49. The molecule has 2 aliphatic heterocycles. The average Bonchev–Trinajstić information content (AvgIpc) is 2.84. The maximum atomic E-state index is 13.1. The molecule has 174 valence electrons. The summed E-state index contributed by atoms with van der Waals surface area (Å²) in [5, 5.41) is 10.8. The monoisotopic (exact) mass is 467 g/mol. The molecule has 8 heteroatoms. The van der Waals surface area contributed by atoms with Crippen LogP contribution in [0.1, 0.15) is 0 Å². The molecule has 7 nitrogen and oxygen atoms in total. The maximum Gasteiger partial charge on any atom is 0.197 e. The number of aromatic hydroxyl groups is 1. The van der Waals surface area contributed by atoms with E-state index in [-0.39, 0.29) is 16.6 Å². The highest BCUT2D eigenvalue weighted by Crippen LogP contribution is 2.42. The number of anilines is 2. The summed E-state index contributed by atoms with van der Waals surface area (Å²) in [4.78, 5) is 20.0. The molecular formula is C25H29N3O4S. The van der Waals surface area contributed by atoms with Gasteiger partial charge in [0, 0.05) is 74.2 Å². The molecule has 33 heavy (non-hydrogen) atoms. The van der Waals surface area contributed by atoms with Crippen LogP contribution in [-0.4, -0.2) is 74.9 Å². The third kappa shape index (κ3) is 4.25. The van der Waals surface area contributed by atoms with Crippen molar-refractivity contribution in [1.29, 1.82) is 0 Å². The van der Waals surface area contributed by atoms with Gasteiger partial charge in [0.1, 0.15) is 28.3 Å². The number of hydrogen-bond donors (Lipinski definition) is 1. The van der Waals surface area contributed by atoms with Crippen LogP contribution in [0.3, 0.4) is 0 Å². The Morgan fingerprint density at radius 1 is 0.970 bits per heavy atom. The molecule has 1 N–H and O–H groups in total. The number of phenolic OH excluding ortho intramolecular Hbond substituents is 1. The average molecular weight is 468 g/mol. The predicted octanol–water partition coefficient (Wildman–Crippen LogP) is 3.48. The van der Waals surface area contributed by atoms with Crippen molar-refractivity contribution in [2.45, 2.75) is 0 Å². The summed E-state index contributed by atoms with van der Waals surface area (Å²) >= 11 is 1.90. The summed E-state index contributed by atoms with van der Waals surface area (Å²) in [5.41, 5.74) is 2.85. The lowest BCUT2D eigenvalue weighted by molar-refractivity contribution is 0.313. The minimum Gasteiger partial charge on any atom is -0.507 e. The van der Waals surface area contributed by atoms with Crippen molar-refractivity contribution in [1.82, 2.24) is 4.90 Å². The zero-order chi connectivity index (χ0) is 22.9. The molecule has 3 aromatic rings. The number of methoxy groups -OCH3 is 1. The van der Waals surface area contributed by atoms with E-state index in [1.807, 2.05) is 23.9 Å². The van der Waals surface area contributed by atoms with Crippen LogP contribution in [-0.2, 0) is 0 Å². The lowest BCUT2D eigenvalue weighted by Crippen LogP contribution is -2.44. The fraction of sp³-hybridized carbons (Fsp3) is 0.400. The lowest BCUT2D eigenvalue weighted by Gasteiger charge is -2.34. The number of ether oxygens (including phenoxy) is 1. The number of benzene rings is 2. The Kier molecular flexibility index (Phi) is 6.12. The summed E-state index contributed by atoms with van der Waals surface area (Å²) in [5.74, 6) is 2.85. The Balaban J connectivity index is 1.57. The molecule has 0 amide bonds. The van der Waals surface area contributed by atoms with Gasteiger partial charge in [0.15, 0.2) is 11.0 Å². The SMILES string of the molecule is COc1cc(O)c2c(=O)cc(-c3ccc(N4CCN(C)CC4)cc3)oc2c1N1CCSCC1. The fourth-order valence-electron chi connectivity index (χ4n) is 4.56. The molecule has 1 aromatic heterocycles. The molecule has 0 aliphatic carbocycles. The number of thioether (sulfide) groups is 1. The van der Waals surface area contributed by atoms with Crippen molar-refractivity contribution in [2.24, 2.45) is 0 Å². The van der Waals surface area contributed by atoms with Crippen molar-refractivity contribution in [2.75, 3.05) is 74.7 Å². The van der Waals surface area contributed by atoms with Crippen LogP contribution in [0.5, 0.6) is 11.5 Å². The summed E-state index contributed by atoms with van der Waals surface area (Å²) in [7, 11) is 3.72. The molecule has 5 rings (SSSR count). The van der Waals surface area contributed by atoms with Crippen LogP contribution in [0.15, 0.2) is 45.6 Å². The van der Waals surface area contributed by atoms with Gasteiger partial charge < -0.3 is 29.0 Å². The Morgan fingerprint density at radius 3 is 2.33 bits per heavy atom. The van der Waals surface area contributed by atoms with E-state index in [1.165, 1.54) is 17.8 Å². The second-order valence-electron chi connectivity index (χ2n) is 8.56. The molecule has 0 bridgehead atoms. The maximum absolute atomic E-state index is 13.1. The highest BCUT2D eigenvalue weighted by Gasteiger charge is 2.24. The smallest absolute Gasteiger partial charge is 0.197 e. The lowest BCUT2D eigenvalue weighted by atomic mass is 10.1. The van der Waals surface area contributed by atoms with Gasteiger partial charge in [-0.25, -0.2) is 0 Å². The van der Waals surface area contributed by atoms with E-state index in [2.05, 4.69) is 33.9 Å². The first-order valence-electron chi connectivity index (χ1n) is 11.3. The van der Waals surface area contributed by atoms with Crippen LogP contribution in [0.2, 0.25) is 0 Å². The first kappa shape index (κ1) is 22.0. The van der Waals surface area contributed by atoms with Crippen LogP contribution in [0.25, 0.3) is 22.3 Å². The van der Waals surface area contributed by atoms with Crippen LogP contribution < -0.4 is 20.0 Å². The largest absolute Gasteiger partial charge is 0.507 e. The standard InChI is InChI=1S/C25H29N3O4S/c1-26-7-9-27(10-8-26)18-5-3-17(4-6-18)21-15-19(29)23-20(30)16-22(31-2)24(25(23)32-21)28-11-13-33-14-12-28/h3-6,15-16,30H,7-14H2,1-2H3. The Hall–Kier alpha value is -2.84. The summed E-state index contributed by atoms with van der Waals surface area (Å²) < 4.78 is 11.9. The number of hydrogen-bond acceptors (Lipinski definition) is 8. The van der Waals surface area contributed by atoms with Gasteiger partial charge in [-0.05, 0) is 31.3 Å². The van der Waals surface area contributed by atoms with Gasteiger partial charge in [-0.2, -0.15) is 11.8 Å². The molecule has 2 aromatic carbocycles. The van der Waals surface area contributed by atoms with Gasteiger partial charge in [-0.15, -0.1) is 0 Å². The van der Waals surface area contributed by atoms with Crippen molar-refractivity contribution in [3.8, 4) is 22.8 Å². The van der Waals surface area contributed by atoms with Gasteiger partial charge in [-0.1, -0.05) is 0 Å². The number of nitrogens with zero attached hydrogens (tertiary/aromatic N) is 3. The minimum absolute atomic E-state index is 0.123. The Morgan fingerprint density at radius 2 is 1.67 bits per heavy atom. The molecule has 2 aliphatic rings. The number of fused-ring (bicyclic) bond motifs is 1. The molecule has 2 fully saturated rings. The number of piperazine rings is 1. The minimum atomic E-state index is -0.262. The van der Waals surface area contributed by atoms with Crippen LogP contribution >= 0.6 is 11.8 Å². The quantitative estimate of drug-likeness (QED) is 0.626. The van der Waals surface area contributed by atoms with E-state index in [9.17, 15) is 9.90 Å². The molecule has 0 saturated carbocycles. The van der Waals surface area contributed by atoms with Crippen LogP contribution in [0, 0.1) is 0 Å². The van der Waals surface area contributed by atoms with Gasteiger partial charge in [0.25, 0.3) is 0 Å². The number of rotatable bonds is 4. The topological polar surface area (TPSA) is 69.4 Å². The molecule has 2 saturated heterocycles. The van der Waals surface area contributed by atoms with E-state index in [0.29, 0.717) is 17.1 Å². The fourth-order valence-corrected chi connectivity index (χ4v) is 5.47. The normalized spacial score (nSPS) is 17.5.